The molecule has 4 N–H and O–H groups in total. The lowest BCUT2D eigenvalue weighted by molar-refractivity contribution is -0.121. The maximum absolute atomic E-state index is 11.9. The molecule has 1 aromatic carbocycles. The Balaban J connectivity index is 2.10. The van der Waals surface area contributed by atoms with Crippen LogP contribution in [0.25, 0.3) is 0 Å². The Morgan fingerprint density at radius 2 is 2.16 bits per heavy atom. The lowest BCUT2D eigenvalue weighted by Crippen LogP contribution is -2.39. The van der Waals surface area contributed by atoms with Gasteiger partial charge < -0.3 is 16.4 Å². The molecule has 1 aliphatic carbocycles. The van der Waals surface area contributed by atoms with Crippen LogP contribution in [0.5, 0.6) is 0 Å². The lowest BCUT2D eigenvalue weighted by Gasteiger charge is -2.18. The van der Waals surface area contributed by atoms with Crippen molar-refractivity contribution in [2.75, 3.05) is 5.32 Å². The van der Waals surface area contributed by atoms with Gasteiger partial charge in [-0.1, -0.05) is 18.3 Å². The Hall–Kier alpha value is -1.62. The Bertz CT molecular complexity index is 511. The molecule has 4 nitrogen and oxygen atoms in total. The first-order valence-electron chi connectivity index (χ1n) is 6.44. The molecule has 0 spiro atoms. The number of carbonyl (C=O) groups excluding carboxylic acids is 1. The molecule has 2 rings (SSSR count). The van der Waals surface area contributed by atoms with Gasteiger partial charge in [-0.15, -0.1) is 0 Å². The molecule has 1 atom stereocenters. The minimum Gasteiger partial charge on any atom is -0.389 e. The number of amides is 1. The quantitative estimate of drug-likeness (QED) is 0.717. The summed E-state index contributed by atoms with van der Waals surface area (Å²) < 4.78 is 0. The van der Waals surface area contributed by atoms with Gasteiger partial charge in [0.25, 0.3) is 0 Å². The van der Waals surface area contributed by atoms with Crippen LogP contribution >= 0.6 is 12.2 Å². The number of benzene rings is 1. The van der Waals surface area contributed by atoms with Crippen LogP contribution < -0.4 is 16.4 Å². The molecule has 102 valence electrons. The SMILES string of the molecule is Cc1ccc(C(N)=S)c(NC(C)C(=O)NC2CC2)c1. The first-order chi connectivity index (χ1) is 8.97. The normalized spacial score (nSPS) is 15.7. The third kappa shape index (κ3) is 3.67. The fourth-order valence-corrected chi connectivity index (χ4v) is 2.02. The van der Waals surface area contributed by atoms with Gasteiger partial charge in [0, 0.05) is 17.3 Å². The van der Waals surface area contributed by atoms with E-state index in [1.807, 2.05) is 32.0 Å². The molecule has 1 aromatic rings. The molecule has 1 saturated carbocycles. The van der Waals surface area contributed by atoms with Crippen molar-refractivity contribution in [3.05, 3.63) is 29.3 Å². The van der Waals surface area contributed by atoms with E-state index < -0.39 is 0 Å². The average Bonchev–Trinajstić information content (AvgIpc) is 3.12. The summed E-state index contributed by atoms with van der Waals surface area (Å²) in [6, 6.07) is 5.84. The standard InChI is InChI=1S/C14H19N3OS/c1-8-3-6-11(13(15)19)12(7-8)16-9(2)14(18)17-10-4-5-10/h3,6-7,9-10,16H,4-5H2,1-2H3,(H2,15,19)(H,17,18). The number of nitrogens with one attached hydrogen (secondary N) is 2. The van der Waals surface area contributed by atoms with Crippen LogP contribution in [0.3, 0.4) is 0 Å². The van der Waals surface area contributed by atoms with E-state index in [-0.39, 0.29) is 11.9 Å². The van der Waals surface area contributed by atoms with Crippen molar-refractivity contribution in [1.29, 1.82) is 0 Å². The molecule has 0 aliphatic heterocycles. The number of anilines is 1. The number of carbonyl (C=O) groups is 1. The Morgan fingerprint density at radius 3 is 2.74 bits per heavy atom. The molecular formula is C14H19N3OS. The monoisotopic (exact) mass is 277 g/mol. The number of thiocarbonyl (C=S) groups is 1. The summed E-state index contributed by atoms with van der Waals surface area (Å²) in [7, 11) is 0. The van der Waals surface area contributed by atoms with E-state index in [4.69, 9.17) is 18.0 Å². The van der Waals surface area contributed by atoms with Crippen molar-refractivity contribution < 1.29 is 4.79 Å². The summed E-state index contributed by atoms with van der Waals surface area (Å²) in [6.45, 7) is 3.83. The second-order valence-electron chi connectivity index (χ2n) is 5.06. The van der Waals surface area contributed by atoms with Crippen LogP contribution in [0.15, 0.2) is 18.2 Å². The van der Waals surface area contributed by atoms with Gasteiger partial charge in [0.15, 0.2) is 0 Å². The highest BCUT2D eigenvalue weighted by molar-refractivity contribution is 7.80. The fraction of sp³-hybridized carbons (Fsp3) is 0.429. The van der Waals surface area contributed by atoms with E-state index in [1.54, 1.807) is 0 Å². The van der Waals surface area contributed by atoms with E-state index >= 15 is 0 Å². The Labute approximate surface area is 118 Å². The molecule has 0 heterocycles. The molecule has 5 heteroatoms. The summed E-state index contributed by atoms with van der Waals surface area (Å²) in [5.41, 5.74) is 8.37. The molecular weight excluding hydrogens is 258 g/mol. The maximum Gasteiger partial charge on any atom is 0.242 e. The topological polar surface area (TPSA) is 67.1 Å². The summed E-state index contributed by atoms with van der Waals surface area (Å²) >= 11 is 5.03. The zero-order valence-electron chi connectivity index (χ0n) is 11.2. The van der Waals surface area contributed by atoms with E-state index in [9.17, 15) is 4.79 Å². The highest BCUT2D eigenvalue weighted by Crippen LogP contribution is 2.21. The smallest absolute Gasteiger partial charge is 0.242 e. The predicted molar refractivity (Wildman–Crippen MR) is 81.3 cm³/mol. The van der Waals surface area contributed by atoms with Gasteiger partial charge in [-0.3, -0.25) is 4.79 Å². The number of nitrogens with two attached hydrogens (primary N) is 1. The van der Waals surface area contributed by atoms with Crippen molar-refractivity contribution in [3.8, 4) is 0 Å². The summed E-state index contributed by atoms with van der Waals surface area (Å²) in [6.07, 6.45) is 2.17. The van der Waals surface area contributed by atoms with Gasteiger partial charge in [0.1, 0.15) is 11.0 Å². The highest BCUT2D eigenvalue weighted by Gasteiger charge is 2.25. The van der Waals surface area contributed by atoms with E-state index in [1.165, 1.54) is 0 Å². The van der Waals surface area contributed by atoms with Crippen molar-refractivity contribution >= 4 is 28.8 Å². The van der Waals surface area contributed by atoms with Crippen LogP contribution in [-0.2, 0) is 4.79 Å². The number of rotatable bonds is 5. The van der Waals surface area contributed by atoms with Crippen LogP contribution in [-0.4, -0.2) is 23.0 Å². The maximum atomic E-state index is 11.9. The van der Waals surface area contributed by atoms with E-state index in [0.717, 1.165) is 29.7 Å². The third-order valence-electron chi connectivity index (χ3n) is 3.13. The van der Waals surface area contributed by atoms with Gasteiger partial charge in [-0.25, -0.2) is 0 Å². The zero-order valence-corrected chi connectivity index (χ0v) is 12.0. The summed E-state index contributed by atoms with van der Waals surface area (Å²) in [4.78, 5) is 12.3. The van der Waals surface area contributed by atoms with Gasteiger partial charge in [-0.2, -0.15) is 0 Å². The minimum atomic E-state index is -0.310. The molecule has 0 aromatic heterocycles. The number of hydrogen-bond donors (Lipinski definition) is 3. The lowest BCUT2D eigenvalue weighted by atomic mass is 10.1. The average molecular weight is 277 g/mol. The second-order valence-corrected chi connectivity index (χ2v) is 5.50. The van der Waals surface area contributed by atoms with Crippen molar-refractivity contribution in [3.63, 3.8) is 0 Å². The van der Waals surface area contributed by atoms with E-state index in [2.05, 4.69) is 10.6 Å². The predicted octanol–water partition coefficient (Wildman–Crippen LogP) is 1.71. The van der Waals surface area contributed by atoms with Crippen molar-refractivity contribution in [1.82, 2.24) is 5.32 Å². The molecule has 19 heavy (non-hydrogen) atoms. The molecule has 0 bridgehead atoms. The molecule has 1 amide bonds. The van der Waals surface area contributed by atoms with Gasteiger partial charge >= 0.3 is 0 Å². The van der Waals surface area contributed by atoms with Crippen LogP contribution in [0.2, 0.25) is 0 Å². The molecule has 0 radical (unpaired) electrons. The van der Waals surface area contributed by atoms with Gasteiger partial charge in [-0.05, 0) is 44.4 Å². The third-order valence-corrected chi connectivity index (χ3v) is 3.35. The highest BCUT2D eigenvalue weighted by atomic mass is 32.1. The number of aryl methyl sites for hydroxylation is 1. The van der Waals surface area contributed by atoms with Crippen molar-refractivity contribution in [2.24, 2.45) is 5.73 Å². The summed E-state index contributed by atoms with van der Waals surface area (Å²) in [5.74, 6) is 0.0119. The van der Waals surface area contributed by atoms with Gasteiger partial charge in [0.2, 0.25) is 5.91 Å². The second kappa shape index (κ2) is 5.57. The summed E-state index contributed by atoms with van der Waals surface area (Å²) in [5, 5.41) is 6.16. The zero-order chi connectivity index (χ0) is 14.0. The van der Waals surface area contributed by atoms with Crippen LogP contribution in [0, 0.1) is 6.92 Å². The fourth-order valence-electron chi connectivity index (χ4n) is 1.85. The largest absolute Gasteiger partial charge is 0.389 e. The first-order valence-corrected chi connectivity index (χ1v) is 6.85. The van der Waals surface area contributed by atoms with Crippen LogP contribution in [0.4, 0.5) is 5.69 Å². The van der Waals surface area contributed by atoms with E-state index in [0.29, 0.717) is 11.0 Å². The Morgan fingerprint density at radius 1 is 1.47 bits per heavy atom. The van der Waals surface area contributed by atoms with Crippen LogP contribution in [0.1, 0.15) is 30.9 Å². The number of hydrogen-bond acceptors (Lipinski definition) is 3. The molecule has 1 unspecified atom stereocenters. The van der Waals surface area contributed by atoms with Gasteiger partial charge in [0.05, 0.1) is 0 Å². The molecule has 1 fully saturated rings. The van der Waals surface area contributed by atoms with Crippen molar-refractivity contribution in [2.45, 2.75) is 38.8 Å². The molecule has 0 saturated heterocycles. The molecule has 1 aliphatic rings. The minimum absolute atomic E-state index is 0.0119. The first kappa shape index (κ1) is 13.8. The Kier molecular flexibility index (Phi) is 4.04.